The van der Waals surface area contributed by atoms with Crippen LogP contribution in [-0.2, 0) is 0 Å². The van der Waals surface area contributed by atoms with Crippen molar-refractivity contribution in [2.24, 2.45) is 0 Å². The molecule has 0 fully saturated rings. The summed E-state index contributed by atoms with van der Waals surface area (Å²) in [6.45, 7) is 0. The van der Waals surface area contributed by atoms with Gasteiger partial charge in [0.05, 0.1) is 33.5 Å². The van der Waals surface area contributed by atoms with Gasteiger partial charge in [-0.15, -0.1) is 0 Å². The first-order valence-electron chi connectivity index (χ1n) is 23.1. The number of benzene rings is 10. The minimum atomic E-state index is 0.697. The number of aromatic nitrogens is 4. The molecule has 318 valence electrons. The molecule has 0 saturated carbocycles. The highest BCUT2D eigenvalue weighted by molar-refractivity contribution is 6.11. The third-order valence-corrected chi connectivity index (χ3v) is 13.3. The van der Waals surface area contributed by atoms with Crippen LogP contribution in [0.3, 0.4) is 0 Å². The second kappa shape index (κ2) is 16.4. The van der Waals surface area contributed by atoms with Crippen LogP contribution in [0.15, 0.2) is 255 Å². The molecule has 4 heteroatoms. The monoisotopic (exact) mass is 866 g/mol. The summed E-state index contributed by atoms with van der Waals surface area (Å²) in [5.74, 6) is 0.697. The van der Waals surface area contributed by atoms with Crippen LogP contribution in [0.1, 0.15) is 0 Å². The Bertz CT molecular complexity index is 4000. The zero-order chi connectivity index (χ0) is 45.0. The minimum Gasteiger partial charge on any atom is -0.309 e. The lowest BCUT2D eigenvalue weighted by atomic mass is 9.99. The molecule has 0 aliphatic rings. The third-order valence-electron chi connectivity index (χ3n) is 13.3. The first kappa shape index (κ1) is 39.3. The van der Waals surface area contributed by atoms with Crippen molar-refractivity contribution in [2.45, 2.75) is 0 Å². The van der Waals surface area contributed by atoms with Gasteiger partial charge in [0, 0.05) is 49.6 Å². The average molecular weight is 867 g/mol. The van der Waals surface area contributed by atoms with E-state index in [-0.39, 0.29) is 0 Å². The molecular weight excluding hydrogens is 825 g/mol. The van der Waals surface area contributed by atoms with E-state index in [1.165, 1.54) is 54.8 Å². The maximum absolute atomic E-state index is 5.20. The van der Waals surface area contributed by atoms with Crippen molar-refractivity contribution in [1.82, 2.24) is 19.1 Å². The molecule has 13 aromatic rings. The Labute approximate surface area is 394 Å². The summed E-state index contributed by atoms with van der Waals surface area (Å²) in [5, 5.41) is 4.93. The van der Waals surface area contributed by atoms with Crippen molar-refractivity contribution in [3.05, 3.63) is 255 Å². The maximum atomic E-state index is 5.20. The number of nitrogens with zero attached hydrogens (tertiary/aromatic N) is 4. The quantitative estimate of drug-likeness (QED) is 0.153. The molecule has 3 aromatic heterocycles. The van der Waals surface area contributed by atoms with E-state index in [9.17, 15) is 0 Å². The summed E-state index contributed by atoms with van der Waals surface area (Å²) in [6.07, 6.45) is 0. The van der Waals surface area contributed by atoms with Crippen LogP contribution in [-0.4, -0.2) is 19.1 Å². The largest absolute Gasteiger partial charge is 0.309 e. The summed E-state index contributed by atoms with van der Waals surface area (Å²) >= 11 is 0. The van der Waals surface area contributed by atoms with Crippen LogP contribution in [0.25, 0.3) is 122 Å². The molecule has 3 heterocycles. The smallest absolute Gasteiger partial charge is 0.160 e. The summed E-state index contributed by atoms with van der Waals surface area (Å²) < 4.78 is 4.81. The van der Waals surface area contributed by atoms with E-state index in [0.717, 1.165) is 61.7 Å². The molecule has 0 spiro atoms. The molecule has 13 rings (SSSR count). The molecule has 0 bridgehead atoms. The number of fused-ring (bicyclic) bond motifs is 6. The summed E-state index contributed by atoms with van der Waals surface area (Å²) in [6, 6.07) is 91.2. The van der Waals surface area contributed by atoms with Crippen molar-refractivity contribution in [3.8, 4) is 78.7 Å². The van der Waals surface area contributed by atoms with E-state index in [4.69, 9.17) is 9.97 Å². The Morgan fingerprint density at radius 2 is 0.618 bits per heavy atom. The highest BCUT2D eigenvalue weighted by Gasteiger charge is 2.17. The molecule has 68 heavy (non-hydrogen) atoms. The lowest BCUT2D eigenvalue weighted by molar-refractivity contribution is 1.18. The highest BCUT2D eigenvalue weighted by Crippen LogP contribution is 2.39. The number of para-hydroxylation sites is 3. The zero-order valence-electron chi connectivity index (χ0n) is 37.0. The van der Waals surface area contributed by atoms with Gasteiger partial charge < -0.3 is 9.13 Å². The van der Waals surface area contributed by atoms with Crippen LogP contribution in [0.2, 0.25) is 0 Å². The normalized spacial score (nSPS) is 11.5. The summed E-state index contributed by atoms with van der Waals surface area (Å²) in [7, 11) is 0. The van der Waals surface area contributed by atoms with Crippen molar-refractivity contribution in [3.63, 3.8) is 0 Å². The fraction of sp³-hybridized carbons (Fsp3) is 0. The molecule has 0 N–H and O–H groups in total. The molecule has 0 radical (unpaired) electrons. The SMILES string of the molecule is c1ccc(-c2ccc(-c3cc(-c4cccc(-c5ccc6c7ccccc7n(-c7cccc(-c8ccc9c%10ccccc%10n(-c%10ccccc%10)c9c8)c7)c6c5)c4)nc(-c4ccccc4)n3)cc2)cc1. The fourth-order valence-corrected chi connectivity index (χ4v) is 10.0. The number of hydrogen-bond donors (Lipinski definition) is 0. The lowest BCUT2D eigenvalue weighted by Crippen LogP contribution is -1.96. The van der Waals surface area contributed by atoms with Gasteiger partial charge >= 0.3 is 0 Å². The maximum Gasteiger partial charge on any atom is 0.160 e. The van der Waals surface area contributed by atoms with Crippen molar-refractivity contribution < 1.29 is 0 Å². The Kier molecular flexibility index (Phi) is 9.47. The van der Waals surface area contributed by atoms with Crippen LogP contribution < -0.4 is 0 Å². The van der Waals surface area contributed by atoms with Crippen molar-refractivity contribution in [1.29, 1.82) is 0 Å². The first-order valence-corrected chi connectivity index (χ1v) is 23.1. The Morgan fingerprint density at radius 1 is 0.221 bits per heavy atom. The Hall–Kier alpha value is -9.12. The van der Waals surface area contributed by atoms with Gasteiger partial charge in [-0.3, -0.25) is 0 Å². The molecule has 0 unspecified atom stereocenters. The van der Waals surface area contributed by atoms with Gasteiger partial charge in [-0.1, -0.05) is 194 Å². The van der Waals surface area contributed by atoms with E-state index < -0.39 is 0 Å². The van der Waals surface area contributed by atoms with E-state index >= 15 is 0 Å². The van der Waals surface area contributed by atoms with Crippen LogP contribution in [0, 0.1) is 0 Å². The van der Waals surface area contributed by atoms with Gasteiger partial charge in [0.25, 0.3) is 0 Å². The zero-order valence-corrected chi connectivity index (χ0v) is 37.0. The topological polar surface area (TPSA) is 35.6 Å². The van der Waals surface area contributed by atoms with Gasteiger partial charge in [0.15, 0.2) is 5.82 Å². The van der Waals surface area contributed by atoms with Crippen LogP contribution in [0.4, 0.5) is 0 Å². The van der Waals surface area contributed by atoms with Gasteiger partial charge in [-0.2, -0.15) is 0 Å². The summed E-state index contributed by atoms with van der Waals surface area (Å²) in [4.78, 5) is 10.3. The van der Waals surface area contributed by atoms with Crippen molar-refractivity contribution in [2.75, 3.05) is 0 Å². The third kappa shape index (κ3) is 6.86. The minimum absolute atomic E-state index is 0.697. The van der Waals surface area contributed by atoms with Crippen molar-refractivity contribution >= 4 is 43.6 Å². The van der Waals surface area contributed by atoms with Gasteiger partial charge in [-0.25, -0.2) is 9.97 Å². The second-order valence-corrected chi connectivity index (χ2v) is 17.4. The van der Waals surface area contributed by atoms with Crippen LogP contribution >= 0.6 is 0 Å². The molecular formula is C64H42N4. The molecule has 0 aliphatic carbocycles. The van der Waals surface area contributed by atoms with E-state index in [1.807, 2.05) is 24.3 Å². The van der Waals surface area contributed by atoms with E-state index in [0.29, 0.717) is 5.82 Å². The second-order valence-electron chi connectivity index (χ2n) is 17.4. The first-order chi connectivity index (χ1) is 33.7. The predicted molar refractivity (Wildman–Crippen MR) is 283 cm³/mol. The predicted octanol–water partition coefficient (Wildman–Crippen LogP) is 16.7. The molecule has 10 aromatic carbocycles. The van der Waals surface area contributed by atoms with Gasteiger partial charge in [0.1, 0.15) is 0 Å². The summed E-state index contributed by atoms with van der Waals surface area (Å²) in [5.41, 5.74) is 18.7. The molecule has 4 nitrogen and oxygen atoms in total. The van der Waals surface area contributed by atoms with Gasteiger partial charge in [0.2, 0.25) is 0 Å². The molecule has 0 saturated heterocycles. The number of rotatable bonds is 8. The Morgan fingerprint density at radius 3 is 1.25 bits per heavy atom. The van der Waals surface area contributed by atoms with E-state index in [1.54, 1.807) is 0 Å². The standard InChI is InChI=1S/C64H42N4/c1-4-16-43(17-5-1)44-30-32-45(33-31-44)58-42-59(66-64(65-58)46-18-6-2-7-19-46)51-22-14-20-47(38-51)49-34-36-57-55-27-11-13-29-61(55)68(63(57)40-49)53-25-15-21-48(39-53)50-35-37-56-54-26-10-12-28-60(54)67(62(56)41-50)52-23-8-3-9-24-52/h1-42H. The molecule has 0 aliphatic heterocycles. The van der Waals surface area contributed by atoms with Crippen LogP contribution in [0.5, 0.6) is 0 Å². The molecule has 0 atom stereocenters. The van der Waals surface area contributed by atoms with E-state index in [2.05, 4.69) is 240 Å². The fourth-order valence-electron chi connectivity index (χ4n) is 10.0. The average Bonchev–Trinajstić information content (AvgIpc) is 3.94. The molecule has 0 amide bonds. The Balaban J connectivity index is 0.907. The van der Waals surface area contributed by atoms with Gasteiger partial charge in [-0.05, 0) is 94.0 Å². The number of hydrogen-bond acceptors (Lipinski definition) is 2. The highest BCUT2D eigenvalue weighted by atomic mass is 15.0. The lowest BCUT2D eigenvalue weighted by Gasteiger charge is -2.13.